The Kier molecular flexibility index (Phi) is 13.0. The third-order valence-corrected chi connectivity index (χ3v) is 1.84. The lowest BCUT2D eigenvalue weighted by atomic mass is 10.1. The largest absolute Gasteiger partial charge is 0.426 e. The van der Waals surface area contributed by atoms with Crippen LogP contribution in [0.4, 0.5) is 0 Å². The van der Waals surface area contributed by atoms with E-state index in [-0.39, 0.29) is 0 Å². The number of aliphatic hydroxyl groups excluding tert-OH is 3. The van der Waals surface area contributed by atoms with E-state index in [4.69, 9.17) is 25.5 Å². The smallest absolute Gasteiger partial charge is 0.146 e. The van der Waals surface area contributed by atoms with Gasteiger partial charge in [-0.05, 0) is 0 Å². The lowest BCUT2D eigenvalue weighted by Crippen LogP contribution is -2.50. The average Bonchev–Trinajstić information content (AvgIpc) is 2.26. The molecule has 0 atom stereocenters. The molecule has 0 aromatic heterocycles. The third kappa shape index (κ3) is 10.1. The molecule has 7 heteroatoms. The summed E-state index contributed by atoms with van der Waals surface area (Å²) in [5.41, 5.74) is 3.94. The summed E-state index contributed by atoms with van der Waals surface area (Å²) >= 11 is 0. The topological polar surface area (TPSA) is 105 Å². The lowest BCUT2D eigenvalue weighted by molar-refractivity contribution is 0.0698. The molecule has 0 unspecified atom stereocenters. The molecule has 0 aliphatic heterocycles. The second-order valence-corrected chi connectivity index (χ2v) is 3.40. The van der Waals surface area contributed by atoms with Crippen LogP contribution in [-0.4, -0.2) is 71.5 Å². The highest BCUT2D eigenvalue weighted by Gasteiger charge is 2.20. The maximum atomic E-state index is 8.34. The van der Waals surface area contributed by atoms with E-state index in [1.807, 2.05) is 0 Å². The minimum atomic E-state index is -1.21. The van der Waals surface area contributed by atoms with Crippen molar-refractivity contribution in [3.05, 3.63) is 0 Å². The molecule has 0 aromatic rings. The number of ether oxygens (including phenoxy) is 1. The standard InChI is InChI=1S/C4H11NO3.C3H10O2Si/c5-4(1-6,2-7)3-8;1-4-2-3-5-6/h6-8H,1-3,5H2;2-3H2,1,6H3. The summed E-state index contributed by atoms with van der Waals surface area (Å²) < 4.78 is 9.48. The Hall–Kier alpha value is -0.0231. The number of aliphatic hydroxyl groups is 3. The van der Waals surface area contributed by atoms with Crippen molar-refractivity contribution in [1.82, 2.24) is 0 Å². The highest BCUT2D eigenvalue weighted by molar-refractivity contribution is 5.97. The van der Waals surface area contributed by atoms with Crippen LogP contribution >= 0.6 is 0 Å². The normalized spacial score (nSPS) is 10.9. The summed E-state index contributed by atoms with van der Waals surface area (Å²) in [6.45, 7) is 0.270. The first-order valence-electron chi connectivity index (χ1n) is 4.19. The molecule has 14 heavy (non-hydrogen) atoms. The van der Waals surface area contributed by atoms with Gasteiger partial charge in [-0.2, -0.15) is 0 Å². The summed E-state index contributed by atoms with van der Waals surface area (Å²) in [5, 5.41) is 25.0. The van der Waals surface area contributed by atoms with Gasteiger partial charge in [0.2, 0.25) is 0 Å². The Morgan fingerprint density at radius 2 is 1.57 bits per heavy atom. The zero-order valence-electron chi connectivity index (χ0n) is 8.77. The van der Waals surface area contributed by atoms with E-state index in [0.29, 0.717) is 0 Å². The molecule has 6 nitrogen and oxygen atoms in total. The van der Waals surface area contributed by atoms with E-state index in [1.54, 1.807) is 7.11 Å². The fraction of sp³-hybridized carbons (Fsp3) is 1.00. The number of hydrogen-bond acceptors (Lipinski definition) is 6. The first-order chi connectivity index (χ1) is 6.60. The van der Waals surface area contributed by atoms with Gasteiger partial charge in [0.25, 0.3) is 0 Å². The first-order valence-corrected chi connectivity index (χ1v) is 5.01. The second-order valence-electron chi connectivity index (χ2n) is 2.82. The van der Waals surface area contributed by atoms with E-state index in [1.165, 1.54) is 0 Å². The van der Waals surface area contributed by atoms with E-state index in [2.05, 4.69) is 4.74 Å². The summed E-state index contributed by atoms with van der Waals surface area (Å²) in [4.78, 5) is 0. The Morgan fingerprint density at radius 3 is 1.64 bits per heavy atom. The van der Waals surface area contributed by atoms with Crippen LogP contribution in [0.25, 0.3) is 0 Å². The Morgan fingerprint density at radius 1 is 1.14 bits per heavy atom. The van der Waals surface area contributed by atoms with Crippen molar-refractivity contribution < 1.29 is 24.5 Å². The molecular formula is C7H21NO5Si. The van der Waals surface area contributed by atoms with Crippen LogP contribution in [0.3, 0.4) is 0 Å². The molecule has 0 bridgehead atoms. The van der Waals surface area contributed by atoms with Crippen LogP contribution in [0.5, 0.6) is 0 Å². The molecule has 0 aliphatic carbocycles. The molecule has 0 fully saturated rings. The summed E-state index contributed by atoms with van der Waals surface area (Å²) in [5.74, 6) is 0. The van der Waals surface area contributed by atoms with E-state index in [0.717, 1.165) is 23.7 Å². The Bertz CT molecular complexity index is 100.0. The highest BCUT2D eigenvalue weighted by Crippen LogP contribution is 1.93. The fourth-order valence-corrected chi connectivity index (χ4v) is 0.483. The SMILES string of the molecule is COCCO[SiH3].NC(CO)(CO)CO. The van der Waals surface area contributed by atoms with Gasteiger partial charge >= 0.3 is 0 Å². The van der Waals surface area contributed by atoms with Gasteiger partial charge in [0.15, 0.2) is 0 Å². The maximum Gasteiger partial charge on any atom is 0.146 e. The van der Waals surface area contributed by atoms with Crippen LogP contribution in [0.1, 0.15) is 0 Å². The molecule has 0 radical (unpaired) electrons. The molecule has 0 spiro atoms. The fourth-order valence-electron chi connectivity index (χ4n) is 0.317. The van der Waals surface area contributed by atoms with Crippen molar-refractivity contribution in [2.24, 2.45) is 5.73 Å². The molecular weight excluding hydrogens is 206 g/mol. The molecule has 0 heterocycles. The number of methoxy groups -OCH3 is 1. The molecule has 0 rings (SSSR count). The van der Waals surface area contributed by atoms with Crippen molar-refractivity contribution in [2.45, 2.75) is 5.54 Å². The van der Waals surface area contributed by atoms with Gasteiger partial charge < -0.3 is 30.2 Å². The second kappa shape index (κ2) is 11.1. The number of rotatable bonds is 6. The van der Waals surface area contributed by atoms with Crippen molar-refractivity contribution in [3.63, 3.8) is 0 Å². The molecule has 5 N–H and O–H groups in total. The predicted octanol–water partition coefficient (Wildman–Crippen LogP) is -3.41. The van der Waals surface area contributed by atoms with Crippen molar-refractivity contribution in [3.8, 4) is 0 Å². The van der Waals surface area contributed by atoms with E-state index in [9.17, 15) is 0 Å². The van der Waals surface area contributed by atoms with Gasteiger partial charge in [0.05, 0.1) is 38.6 Å². The quantitative estimate of drug-likeness (QED) is 0.278. The van der Waals surface area contributed by atoms with Crippen molar-refractivity contribution >= 4 is 10.5 Å². The van der Waals surface area contributed by atoms with Crippen molar-refractivity contribution in [2.75, 3.05) is 40.1 Å². The van der Waals surface area contributed by atoms with Crippen LogP contribution in [0, 0.1) is 0 Å². The zero-order chi connectivity index (χ0) is 11.4. The zero-order valence-corrected chi connectivity index (χ0v) is 10.8. The third-order valence-electron chi connectivity index (χ3n) is 1.44. The van der Waals surface area contributed by atoms with Gasteiger partial charge in [-0.25, -0.2) is 0 Å². The lowest BCUT2D eigenvalue weighted by Gasteiger charge is -2.20. The maximum absolute atomic E-state index is 8.34. The minimum Gasteiger partial charge on any atom is -0.426 e. The van der Waals surface area contributed by atoms with Gasteiger partial charge in [-0.1, -0.05) is 0 Å². The summed E-state index contributed by atoms with van der Waals surface area (Å²) in [7, 11) is 2.49. The molecule has 0 saturated heterocycles. The number of nitrogens with two attached hydrogens (primary N) is 1. The van der Waals surface area contributed by atoms with Gasteiger partial charge in [0.1, 0.15) is 10.5 Å². The molecule has 0 amide bonds. The molecule has 88 valence electrons. The van der Waals surface area contributed by atoms with E-state index < -0.39 is 25.4 Å². The summed E-state index contributed by atoms with van der Waals surface area (Å²) in [6.07, 6.45) is 0. The van der Waals surface area contributed by atoms with Crippen LogP contribution in [-0.2, 0) is 9.16 Å². The molecule has 0 aromatic carbocycles. The van der Waals surface area contributed by atoms with E-state index >= 15 is 0 Å². The number of hydrogen-bond donors (Lipinski definition) is 4. The molecule has 0 aliphatic rings. The van der Waals surface area contributed by atoms with Crippen LogP contribution < -0.4 is 5.73 Å². The van der Waals surface area contributed by atoms with Crippen molar-refractivity contribution in [1.29, 1.82) is 0 Å². The highest BCUT2D eigenvalue weighted by atomic mass is 28.2. The average molecular weight is 227 g/mol. The monoisotopic (exact) mass is 227 g/mol. The van der Waals surface area contributed by atoms with Crippen LogP contribution in [0.2, 0.25) is 0 Å². The van der Waals surface area contributed by atoms with Crippen LogP contribution in [0.15, 0.2) is 0 Å². The first kappa shape index (κ1) is 16.4. The van der Waals surface area contributed by atoms with Gasteiger partial charge in [0, 0.05) is 7.11 Å². The Labute approximate surface area is 87.2 Å². The van der Waals surface area contributed by atoms with Gasteiger partial charge in [-0.3, -0.25) is 0 Å². The Balaban J connectivity index is 0. The minimum absolute atomic E-state index is 0.403. The predicted molar refractivity (Wildman–Crippen MR) is 55.9 cm³/mol. The summed E-state index contributed by atoms with van der Waals surface area (Å²) in [6, 6.07) is 0. The molecule has 0 saturated carbocycles. The van der Waals surface area contributed by atoms with Gasteiger partial charge in [-0.15, -0.1) is 0 Å².